The predicted octanol–water partition coefficient (Wildman–Crippen LogP) is 19.0. The number of unbranched alkanes of at least 4 members (excludes halogenated alkanes) is 44. The Balaban J connectivity index is 4.59. The Hall–Kier alpha value is -1.52. The number of ether oxygens (including phenoxy) is 3. The minimum Gasteiger partial charge on any atom is -0.462 e. The first-order valence-electron chi connectivity index (χ1n) is 31.9. The zero-order chi connectivity index (χ0) is 54.1. The van der Waals surface area contributed by atoms with E-state index < -0.39 is 57.8 Å². The maximum atomic E-state index is 12.9. The van der Waals surface area contributed by atoms with Crippen LogP contribution in [0.15, 0.2) is 0 Å². The number of aliphatic hydroxyl groups excluding tert-OH is 1. The highest BCUT2D eigenvalue weighted by Gasteiger charge is 2.28. The third kappa shape index (κ3) is 55.2. The molecule has 0 aliphatic heterocycles. The molecular weight excluding hydrogens is 952 g/mol. The molecule has 0 saturated heterocycles. The van der Waals surface area contributed by atoms with Crippen LogP contribution < -0.4 is 0 Å². The summed E-state index contributed by atoms with van der Waals surface area (Å²) in [5, 5.41) is 9.79. The molecule has 2 N–H and O–H groups in total. The second kappa shape index (κ2) is 57.6. The van der Waals surface area contributed by atoms with Crippen LogP contribution in [0, 0.1) is 0 Å². The van der Waals surface area contributed by atoms with Gasteiger partial charge in [-0.2, -0.15) is 0 Å². The first-order valence-corrected chi connectivity index (χ1v) is 33.4. The summed E-state index contributed by atoms with van der Waals surface area (Å²) in [7, 11) is -4.73. The fourth-order valence-corrected chi connectivity index (χ4v) is 10.4. The van der Waals surface area contributed by atoms with Gasteiger partial charge in [0, 0.05) is 19.3 Å². The lowest BCUT2D eigenvalue weighted by atomic mass is 10.0. The SMILES string of the molecule is CCCCCCCCCCCCCCCCCCCCCC(=O)OCC(COP(=O)(O)OCC(CO)OC(=O)CCCCCCCCCCC)OC(=O)CCCCCCCCCCCCCCCCCCCCC. The predicted molar refractivity (Wildman–Crippen MR) is 307 cm³/mol. The largest absolute Gasteiger partial charge is 0.472 e. The van der Waals surface area contributed by atoms with Crippen molar-refractivity contribution in [1.29, 1.82) is 0 Å². The van der Waals surface area contributed by atoms with E-state index in [0.29, 0.717) is 19.3 Å². The molecule has 11 nitrogen and oxygen atoms in total. The molecule has 0 aromatic carbocycles. The molecule has 3 atom stereocenters. The molecule has 440 valence electrons. The average molecular weight is 1070 g/mol. The Labute approximate surface area is 456 Å². The first-order chi connectivity index (χ1) is 36.2. The number of hydrogen-bond donors (Lipinski definition) is 2. The normalized spacial score (nSPS) is 13.2. The van der Waals surface area contributed by atoms with Crippen LogP contribution in [0.5, 0.6) is 0 Å². The van der Waals surface area contributed by atoms with Crippen LogP contribution in [0.1, 0.15) is 342 Å². The number of phosphoric ester groups is 1. The molecule has 3 unspecified atom stereocenters. The molecule has 74 heavy (non-hydrogen) atoms. The number of carbonyl (C=O) groups is 3. The van der Waals surface area contributed by atoms with Crippen molar-refractivity contribution in [3.63, 3.8) is 0 Å². The van der Waals surface area contributed by atoms with Crippen molar-refractivity contribution < 1.29 is 52.2 Å². The Kier molecular flexibility index (Phi) is 56.5. The Morgan fingerprint density at radius 2 is 0.541 bits per heavy atom. The Morgan fingerprint density at radius 1 is 0.324 bits per heavy atom. The van der Waals surface area contributed by atoms with Gasteiger partial charge in [0.15, 0.2) is 6.10 Å². The molecule has 12 heteroatoms. The Bertz CT molecular complexity index is 1250. The van der Waals surface area contributed by atoms with Crippen LogP contribution in [-0.4, -0.2) is 66.5 Å². The zero-order valence-electron chi connectivity index (χ0n) is 48.9. The summed E-state index contributed by atoms with van der Waals surface area (Å²) in [4.78, 5) is 48.6. The molecule has 0 heterocycles. The summed E-state index contributed by atoms with van der Waals surface area (Å²) in [5.74, 6) is -1.42. The second-order valence-electron chi connectivity index (χ2n) is 22.0. The number of aliphatic hydroxyl groups is 1. The van der Waals surface area contributed by atoms with E-state index in [9.17, 15) is 28.9 Å². The van der Waals surface area contributed by atoms with E-state index >= 15 is 0 Å². The van der Waals surface area contributed by atoms with Gasteiger partial charge < -0.3 is 24.2 Å². The summed E-state index contributed by atoms with van der Waals surface area (Å²) in [6.45, 7) is 4.72. The molecule has 0 radical (unpaired) electrons. The van der Waals surface area contributed by atoms with Crippen molar-refractivity contribution >= 4 is 25.7 Å². The van der Waals surface area contributed by atoms with Crippen LogP contribution in [0.4, 0.5) is 0 Å². The molecule has 0 saturated carbocycles. The molecule has 0 aromatic rings. The molecule has 0 rings (SSSR count). The van der Waals surface area contributed by atoms with E-state index in [1.807, 2.05) is 0 Å². The summed E-state index contributed by atoms with van der Waals surface area (Å²) >= 11 is 0. The monoisotopic (exact) mass is 1070 g/mol. The third-order valence-electron chi connectivity index (χ3n) is 14.5. The first kappa shape index (κ1) is 72.5. The summed E-state index contributed by atoms with van der Waals surface area (Å²) in [6, 6.07) is 0. The highest BCUT2D eigenvalue weighted by molar-refractivity contribution is 7.47. The summed E-state index contributed by atoms with van der Waals surface area (Å²) < 4.78 is 39.6. The van der Waals surface area contributed by atoms with Crippen molar-refractivity contribution in [3.05, 3.63) is 0 Å². The van der Waals surface area contributed by atoms with Gasteiger partial charge in [0.2, 0.25) is 0 Å². The second-order valence-corrected chi connectivity index (χ2v) is 23.4. The van der Waals surface area contributed by atoms with Crippen LogP contribution in [0.25, 0.3) is 0 Å². The molecule has 0 aliphatic carbocycles. The molecule has 0 aromatic heterocycles. The molecule has 0 amide bonds. The van der Waals surface area contributed by atoms with Crippen molar-refractivity contribution in [3.8, 4) is 0 Å². The van der Waals surface area contributed by atoms with Crippen LogP contribution in [0.2, 0.25) is 0 Å². The molecule has 0 fully saturated rings. The fraction of sp³-hybridized carbons (Fsp3) is 0.952. The zero-order valence-corrected chi connectivity index (χ0v) is 49.7. The van der Waals surface area contributed by atoms with Gasteiger partial charge in [-0.15, -0.1) is 0 Å². The van der Waals surface area contributed by atoms with Gasteiger partial charge in [-0.1, -0.05) is 303 Å². The van der Waals surface area contributed by atoms with Gasteiger partial charge in [-0.05, 0) is 19.3 Å². The van der Waals surface area contributed by atoms with Crippen molar-refractivity contribution in [1.82, 2.24) is 0 Å². The van der Waals surface area contributed by atoms with Crippen molar-refractivity contribution in [2.75, 3.05) is 26.4 Å². The molecule has 0 bridgehead atoms. The van der Waals surface area contributed by atoms with E-state index in [1.165, 1.54) is 225 Å². The maximum absolute atomic E-state index is 12.9. The summed E-state index contributed by atoms with van der Waals surface area (Å²) in [6.07, 6.45) is 56.4. The highest BCUT2D eigenvalue weighted by Crippen LogP contribution is 2.43. The molecule has 0 aliphatic rings. The quantitative estimate of drug-likeness (QED) is 0.0259. The van der Waals surface area contributed by atoms with Gasteiger partial charge in [0.05, 0.1) is 19.8 Å². The number of phosphoric acid groups is 1. The van der Waals surface area contributed by atoms with Gasteiger partial charge in [0.25, 0.3) is 0 Å². The number of hydrogen-bond acceptors (Lipinski definition) is 10. The molecule has 0 spiro atoms. The maximum Gasteiger partial charge on any atom is 0.472 e. The lowest BCUT2D eigenvalue weighted by Crippen LogP contribution is -2.30. The lowest BCUT2D eigenvalue weighted by Gasteiger charge is -2.21. The smallest absolute Gasteiger partial charge is 0.462 e. The standard InChI is InChI=1S/C62H121O11P/c1-4-7-10-13-16-19-21-23-25-27-29-31-33-35-37-40-42-45-48-51-60(64)69-55-59(57-71-74(67,68)70-56-58(54-63)72-61(65)52-49-46-43-39-18-15-12-9-6-3)73-62(66)53-50-47-44-41-38-36-34-32-30-28-26-24-22-20-17-14-11-8-5-2/h58-59,63H,4-57H2,1-3H3,(H,67,68). The highest BCUT2D eigenvalue weighted by atomic mass is 31.2. The van der Waals surface area contributed by atoms with Gasteiger partial charge in [0.1, 0.15) is 12.7 Å². The fourth-order valence-electron chi connectivity index (χ4n) is 9.66. The van der Waals surface area contributed by atoms with E-state index in [2.05, 4.69) is 20.8 Å². The Morgan fingerprint density at radius 3 is 0.797 bits per heavy atom. The minimum absolute atomic E-state index is 0.179. The number of esters is 3. The van der Waals surface area contributed by atoms with Gasteiger partial charge in [-0.3, -0.25) is 23.4 Å². The summed E-state index contributed by atoms with van der Waals surface area (Å²) in [5.41, 5.74) is 0. The van der Waals surface area contributed by atoms with Crippen LogP contribution in [0.3, 0.4) is 0 Å². The van der Waals surface area contributed by atoms with Gasteiger partial charge >= 0.3 is 25.7 Å². The van der Waals surface area contributed by atoms with E-state index in [1.54, 1.807) is 0 Å². The topological polar surface area (TPSA) is 155 Å². The average Bonchev–Trinajstić information content (AvgIpc) is 3.39. The minimum atomic E-state index is -4.73. The van der Waals surface area contributed by atoms with Crippen molar-refractivity contribution in [2.24, 2.45) is 0 Å². The van der Waals surface area contributed by atoms with Crippen molar-refractivity contribution in [2.45, 2.75) is 354 Å². The number of rotatable bonds is 61. The van der Waals surface area contributed by atoms with E-state index in [-0.39, 0.29) is 25.9 Å². The van der Waals surface area contributed by atoms with Gasteiger partial charge in [-0.25, -0.2) is 4.57 Å². The lowest BCUT2D eigenvalue weighted by molar-refractivity contribution is -0.161. The third-order valence-corrected chi connectivity index (χ3v) is 15.5. The van der Waals surface area contributed by atoms with Crippen LogP contribution in [-0.2, 0) is 42.2 Å². The van der Waals surface area contributed by atoms with Crippen LogP contribution >= 0.6 is 7.82 Å². The van der Waals surface area contributed by atoms with E-state index in [4.69, 9.17) is 23.3 Å². The number of carbonyl (C=O) groups excluding carboxylic acids is 3. The molecular formula is C62H121O11P. The van der Waals surface area contributed by atoms with E-state index in [0.717, 1.165) is 57.8 Å².